The maximum absolute atomic E-state index is 11.8. The molecule has 2 N–H and O–H groups in total. The van der Waals surface area contributed by atoms with Crippen LogP contribution in [-0.4, -0.2) is 57.3 Å². The van der Waals surface area contributed by atoms with Crippen molar-refractivity contribution in [1.82, 2.24) is 15.5 Å². The number of alkyl halides is 3. The Morgan fingerprint density at radius 1 is 1.38 bits per heavy atom. The number of carbonyl (C=O) groups excluding carboxylic acids is 1. The maximum Gasteiger partial charge on any atom is 0.405 e. The highest BCUT2D eigenvalue weighted by molar-refractivity contribution is 5.77. The lowest BCUT2D eigenvalue weighted by atomic mass is 10.4. The second-order valence-electron chi connectivity index (χ2n) is 3.59. The van der Waals surface area contributed by atoms with Gasteiger partial charge in [-0.15, -0.1) is 0 Å². The largest absolute Gasteiger partial charge is 0.405 e. The van der Waals surface area contributed by atoms with Gasteiger partial charge in [-0.25, -0.2) is 0 Å². The van der Waals surface area contributed by atoms with Crippen LogP contribution in [0.15, 0.2) is 0 Å². The molecule has 0 aromatic heterocycles. The molecule has 0 spiro atoms. The highest BCUT2D eigenvalue weighted by Crippen LogP contribution is 2.11. The molecule has 0 aliphatic heterocycles. The molecule has 96 valence electrons. The lowest BCUT2D eigenvalue weighted by Crippen LogP contribution is -2.40. The van der Waals surface area contributed by atoms with Crippen molar-refractivity contribution in [2.45, 2.75) is 12.6 Å². The number of nitrogens with one attached hydrogen (secondary N) is 2. The zero-order valence-corrected chi connectivity index (χ0v) is 9.52. The van der Waals surface area contributed by atoms with E-state index in [-0.39, 0.29) is 6.54 Å². The Balaban J connectivity index is 3.62. The van der Waals surface area contributed by atoms with Gasteiger partial charge in [0, 0.05) is 0 Å². The van der Waals surface area contributed by atoms with E-state index in [4.69, 9.17) is 0 Å². The monoisotopic (exact) mass is 241 g/mol. The van der Waals surface area contributed by atoms with E-state index >= 15 is 0 Å². The van der Waals surface area contributed by atoms with Crippen molar-refractivity contribution in [2.24, 2.45) is 0 Å². The number of halogens is 3. The Morgan fingerprint density at radius 3 is 2.50 bits per heavy atom. The summed E-state index contributed by atoms with van der Waals surface area (Å²) < 4.78 is 35.3. The van der Waals surface area contributed by atoms with Crippen molar-refractivity contribution < 1.29 is 18.0 Å². The van der Waals surface area contributed by atoms with Gasteiger partial charge in [-0.2, -0.15) is 13.2 Å². The second-order valence-corrected chi connectivity index (χ2v) is 3.59. The second kappa shape index (κ2) is 7.45. The Kier molecular flexibility index (Phi) is 7.07. The summed E-state index contributed by atoms with van der Waals surface area (Å²) in [4.78, 5) is 12.7. The molecule has 0 rings (SSSR count). The van der Waals surface area contributed by atoms with Crippen LogP contribution in [0.1, 0.15) is 6.42 Å². The fourth-order valence-corrected chi connectivity index (χ4v) is 1.10. The van der Waals surface area contributed by atoms with Gasteiger partial charge in [0.2, 0.25) is 5.91 Å². The van der Waals surface area contributed by atoms with Gasteiger partial charge in [-0.3, -0.25) is 9.69 Å². The van der Waals surface area contributed by atoms with Crippen LogP contribution in [0.4, 0.5) is 13.2 Å². The van der Waals surface area contributed by atoms with Crippen LogP contribution in [0.3, 0.4) is 0 Å². The Labute approximate surface area is 93.2 Å². The predicted octanol–water partition coefficient (Wildman–Crippen LogP) is 0.206. The molecular formula is C9H18F3N3O. The molecule has 0 atom stereocenters. The van der Waals surface area contributed by atoms with Crippen molar-refractivity contribution in [1.29, 1.82) is 0 Å². The summed E-state index contributed by atoms with van der Waals surface area (Å²) in [5, 5.41) is 4.77. The molecule has 0 heterocycles. The van der Waals surface area contributed by atoms with E-state index in [1.165, 1.54) is 0 Å². The minimum absolute atomic E-state index is 0.0141. The molecule has 4 nitrogen and oxygen atoms in total. The van der Waals surface area contributed by atoms with Gasteiger partial charge in [0.15, 0.2) is 0 Å². The van der Waals surface area contributed by atoms with E-state index < -0.39 is 18.6 Å². The first-order valence-corrected chi connectivity index (χ1v) is 5.01. The van der Waals surface area contributed by atoms with Crippen LogP contribution in [0.2, 0.25) is 0 Å². The molecule has 0 fully saturated rings. The number of likely N-dealkylation sites (N-methyl/N-ethyl adjacent to an activating group) is 1. The molecule has 0 radical (unpaired) electrons. The summed E-state index contributed by atoms with van der Waals surface area (Å²) in [6.07, 6.45) is -3.50. The van der Waals surface area contributed by atoms with Crippen LogP contribution in [0.25, 0.3) is 0 Å². The zero-order valence-electron chi connectivity index (χ0n) is 9.52. The van der Waals surface area contributed by atoms with Gasteiger partial charge in [-0.05, 0) is 33.6 Å². The minimum Gasteiger partial charge on any atom is -0.346 e. The van der Waals surface area contributed by atoms with Gasteiger partial charge >= 0.3 is 6.18 Å². The third-order valence-corrected chi connectivity index (χ3v) is 1.87. The number of hydrogen-bond acceptors (Lipinski definition) is 3. The average Bonchev–Trinajstić information content (AvgIpc) is 2.14. The first-order chi connectivity index (χ1) is 7.35. The maximum atomic E-state index is 11.8. The summed E-state index contributed by atoms with van der Waals surface area (Å²) in [6.45, 7) is 0.199. The van der Waals surface area contributed by atoms with Gasteiger partial charge in [0.05, 0.1) is 6.54 Å². The molecule has 1 amide bonds. The number of nitrogens with zero attached hydrogens (tertiary/aromatic N) is 1. The van der Waals surface area contributed by atoms with Gasteiger partial charge in [0.25, 0.3) is 0 Å². The molecule has 0 saturated heterocycles. The molecule has 0 saturated carbocycles. The highest BCUT2D eigenvalue weighted by atomic mass is 19.4. The Bertz CT molecular complexity index is 209. The van der Waals surface area contributed by atoms with E-state index in [2.05, 4.69) is 5.32 Å². The molecule has 7 heteroatoms. The van der Waals surface area contributed by atoms with Crippen molar-refractivity contribution >= 4 is 5.91 Å². The normalized spacial score (nSPS) is 11.9. The smallest absolute Gasteiger partial charge is 0.346 e. The Hall–Kier alpha value is -0.820. The van der Waals surface area contributed by atoms with Gasteiger partial charge in [0.1, 0.15) is 6.54 Å². The first-order valence-electron chi connectivity index (χ1n) is 5.01. The van der Waals surface area contributed by atoms with E-state index in [0.717, 1.165) is 13.0 Å². The standard InChI is InChI=1S/C9H18F3N3O/c1-13-4-3-5-15(2)6-8(16)14-7-9(10,11)12/h13H,3-7H2,1-2H3,(H,14,16). The third kappa shape index (κ3) is 9.72. The average molecular weight is 241 g/mol. The Morgan fingerprint density at radius 2 is 2.00 bits per heavy atom. The molecule has 0 aliphatic rings. The number of hydrogen-bond donors (Lipinski definition) is 2. The molecule has 0 aromatic rings. The number of amides is 1. The minimum atomic E-state index is -4.35. The summed E-state index contributed by atoms with van der Waals surface area (Å²) in [5.41, 5.74) is 0. The molecule has 16 heavy (non-hydrogen) atoms. The quantitative estimate of drug-likeness (QED) is 0.626. The lowest BCUT2D eigenvalue weighted by molar-refractivity contribution is -0.138. The topological polar surface area (TPSA) is 44.4 Å². The van der Waals surface area contributed by atoms with Crippen LogP contribution in [0.5, 0.6) is 0 Å². The first kappa shape index (κ1) is 15.2. The van der Waals surface area contributed by atoms with Crippen LogP contribution in [-0.2, 0) is 4.79 Å². The van der Waals surface area contributed by atoms with Crippen molar-refractivity contribution in [3.8, 4) is 0 Å². The van der Waals surface area contributed by atoms with E-state index in [9.17, 15) is 18.0 Å². The molecule has 0 aliphatic carbocycles. The van der Waals surface area contributed by atoms with E-state index in [1.54, 1.807) is 11.9 Å². The van der Waals surface area contributed by atoms with Crippen LogP contribution < -0.4 is 10.6 Å². The van der Waals surface area contributed by atoms with Gasteiger partial charge < -0.3 is 10.6 Å². The zero-order chi connectivity index (χ0) is 12.6. The number of rotatable bonds is 7. The summed E-state index contributed by atoms with van der Waals surface area (Å²) >= 11 is 0. The number of carbonyl (C=O) groups is 1. The van der Waals surface area contributed by atoms with Crippen LogP contribution >= 0.6 is 0 Å². The lowest BCUT2D eigenvalue weighted by Gasteiger charge is -2.16. The van der Waals surface area contributed by atoms with Crippen molar-refractivity contribution in [3.05, 3.63) is 0 Å². The predicted molar refractivity (Wildman–Crippen MR) is 55.1 cm³/mol. The fourth-order valence-electron chi connectivity index (χ4n) is 1.10. The highest BCUT2D eigenvalue weighted by Gasteiger charge is 2.27. The van der Waals surface area contributed by atoms with E-state index in [1.807, 2.05) is 12.4 Å². The van der Waals surface area contributed by atoms with E-state index in [0.29, 0.717) is 6.54 Å². The third-order valence-electron chi connectivity index (χ3n) is 1.87. The fraction of sp³-hybridized carbons (Fsp3) is 0.889. The summed E-state index contributed by atoms with van der Waals surface area (Å²) in [6, 6.07) is 0. The summed E-state index contributed by atoms with van der Waals surface area (Å²) in [7, 11) is 3.51. The molecular weight excluding hydrogens is 223 g/mol. The van der Waals surface area contributed by atoms with Crippen molar-refractivity contribution in [3.63, 3.8) is 0 Å². The molecule has 0 bridgehead atoms. The SMILES string of the molecule is CNCCCN(C)CC(=O)NCC(F)(F)F. The van der Waals surface area contributed by atoms with Crippen molar-refractivity contribution in [2.75, 3.05) is 40.3 Å². The summed E-state index contributed by atoms with van der Waals surface area (Å²) in [5.74, 6) is -0.607. The van der Waals surface area contributed by atoms with Gasteiger partial charge in [-0.1, -0.05) is 0 Å². The molecule has 0 unspecified atom stereocenters. The molecule has 0 aromatic carbocycles. The van der Waals surface area contributed by atoms with Crippen LogP contribution in [0, 0.1) is 0 Å².